The molecule has 0 radical (unpaired) electrons. The minimum absolute atomic E-state index is 0.00975. The van der Waals surface area contributed by atoms with E-state index in [2.05, 4.69) is 30.2 Å². The smallest absolute Gasteiger partial charge is 0.459 e. The van der Waals surface area contributed by atoms with Crippen molar-refractivity contribution in [3.8, 4) is 17.2 Å². The third-order valence-corrected chi connectivity index (χ3v) is 23.7. The van der Waals surface area contributed by atoms with Gasteiger partial charge < -0.3 is 74.5 Å². The second kappa shape index (κ2) is 34.8. The lowest BCUT2D eigenvalue weighted by Crippen LogP contribution is -2.48. The Kier molecular flexibility index (Phi) is 26.3. The summed E-state index contributed by atoms with van der Waals surface area (Å²) in [5, 5.41) is 41.5. The van der Waals surface area contributed by atoms with Crippen LogP contribution in [0.3, 0.4) is 0 Å². The van der Waals surface area contributed by atoms with Crippen molar-refractivity contribution in [2.24, 2.45) is 0 Å². The third-order valence-electron chi connectivity index (χ3n) is 19.0. The van der Waals surface area contributed by atoms with Gasteiger partial charge in [-0.15, -0.1) is 0 Å². The summed E-state index contributed by atoms with van der Waals surface area (Å²) in [5.74, 6) is -16.5. The fraction of sp³-hybridized carbons (Fsp3) is 0.446. The molecule has 3 aliphatic heterocycles. The van der Waals surface area contributed by atoms with Gasteiger partial charge in [0, 0.05) is 29.4 Å². The molecule has 12 N–H and O–H groups in total. The molecule has 3 saturated heterocycles. The number of nitrogens with two attached hydrogens (primary N) is 3. The summed E-state index contributed by atoms with van der Waals surface area (Å²) in [4.78, 5) is 92.1. The number of nitrogens with zero attached hydrogens (tertiary/aromatic N) is 6. The fourth-order valence-corrected chi connectivity index (χ4v) is 17.8. The second-order valence-electron chi connectivity index (χ2n) is 29.6. The number of benzene rings is 5. The van der Waals surface area contributed by atoms with E-state index in [-0.39, 0.29) is 61.6 Å². The van der Waals surface area contributed by atoms with Crippen molar-refractivity contribution in [1.82, 2.24) is 43.9 Å². The molecule has 0 saturated carbocycles. The average Bonchev–Trinajstić information content (AvgIpc) is 1.60. The molecule has 36 nitrogen and oxygen atoms in total. The molecule has 3 unspecified atom stereocenters. The maximum Gasteiger partial charge on any atom is 0.459 e. The van der Waals surface area contributed by atoms with Crippen LogP contribution in [0.5, 0.6) is 17.2 Å². The highest BCUT2D eigenvalue weighted by Crippen LogP contribution is 2.57. The number of para-hydroxylation sites is 1. The number of ether oxygens (including phenoxy) is 6. The van der Waals surface area contributed by atoms with Crippen molar-refractivity contribution < 1.29 is 125 Å². The highest BCUT2D eigenvalue weighted by molar-refractivity contribution is 7.52. The summed E-state index contributed by atoms with van der Waals surface area (Å²) < 4.78 is 218. The van der Waals surface area contributed by atoms with Crippen LogP contribution in [-0.2, 0) is 82.9 Å². The van der Waals surface area contributed by atoms with Gasteiger partial charge in [0.05, 0.1) is 18.3 Å². The molecule has 0 amide bonds. The molecule has 11 rings (SSSR count). The van der Waals surface area contributed by atoms with Crippen LogP contribution < -0.4 is 63.1 Å². The van der Waals surface area contributed by atoms with E-state index in [1.807, 2.05) is 0 Å². The number of hydrogen-bond donors (Lipinski definition) is 9. The van der Waals surface area contributed by atoms with E-state index in [9.17, 15) is 44.1 Å². The van der Waals surface area contributed by atoms with Crippen molar-refractivity contribution in [1.29, 1.82) is 0 Å². The highest BCUT2D eigenvalue weighted by Gasteiger charge is 2.68. The maximum atomic E-state index is 17.7. The summed E-state index contributed by atoms with van der Waals surface area (Å²) in [6.07, 6.45) is -16.4. The van der Waals surface area contributed by atoms with Crippen LogP contribution >= 0.6 is 23.2 Å². The molecule has 6 heterocycles. The van der Waals surface area contributed by atoms with Gasteiger partial charge in [-0.1, -0.05) is 78.9 Å². The molecular formula is C74H87F6N12O24P3. The third kappa shape index (κ3) is 19.7. The fourth-order valence-electron chi connectivity index (χ4n) is 13.2. The predicted octanol–water partition coefficient (Wildman–Crippen LogP) is 8.11. The molecule has 3 aliphatic rings. The molecule has 5 aromatic carbocycles. The standard InChI is InChI=1S/C74H87F6N12O24P3/c1-39(2)108-57(93)42(7)87-117(102,105-36-72(78)60(96)69(8,75)63(111-72)90-31-28-54(81)84-66(90)99)115-52-25-17-23-47-43(18-16-24-49(47)52)34-50(58(94)109-40(3)4)89-119(104,107-38-74(80)62(98)71(10,77)65(113-74)92-33-30-56(83)86-68(92)101)116-53-27-26-44(46-21-14-15-22-48(46)53)35-51(59(95)110-41(5)6)88-118(103,114-45-19-12-11-13-20-45)106-37-73(79)61(97)70(9,76)64(112-73)91-32-29-55(82)85-67(91)100/h11-33,39-42,50-51,60-65,96-98H,34-38H2,1-10H3,(H,87,102)(H,88,103)(H,89,104)(H2,81,84,99)(H2,82,85,100)(H2,83,86,101)/t42-,50-,51-,60-,61-,62-,63+,64+,65+,69+,70+,71+,72+,73+,74+,117?,118?,119?/m0/s1. The number of carbonyl (C=O) groups excluding carboxylic acids is 3. The predicted molar refractivity (Wildman–Crippen MR) is 412 cm³/mol. The summed E-state index contributed by atoms with van der Waals surface area (Å²) in [5.41, 5.74) is 3.92. The molecule has 18 atom stereocenters. The van der Waals surface area contributed by atoms with Crippen LogP contribution in [0, 0.1) is 0 Å². The Bertz CT molecular complexity index is 5450. The molecule has 644 valence electrons. The van der Waals surface area contributed by atoms with E-state index < -0.39 is 205 Å². The average molecular weight is 1740 g/mol. The van der Waals surface area contributed by atoms with E-state index >= 15 is 40.0 Å². The quantitative estimate of drug-likeness (QED) is 0.00795. The van der Waals surface area contributed by atoms with Crippen molar-refractivity contribution in [3.63, 3.8) is 0 Å². The Balaban J connectivity index is 0.948. The van der Waals surface area contributed by atoms with Crippen molar-refractivity contribution in [2.45, 2.75) is 190 Å². The molecule has 0 aliphatic carbocycles. The first-order valence-corrected chi connectivity index (χ1v) is 41.3. The maximum absolute atomic E-state index is 17.7. The highest BCUT2D eigenvalue weighted by atomic mass is 31.2. The van der Waals surface area contributed by atoms with Gasteiger partial charge in [-0.05, 0) is 146 Å². The van der Waals surface area contributed by atoms with E-state index in [4.69, 9.17) is 72.8 Å². The van der Waals surface area contributed by atoms with E-state index in [1.165, 1.54) is 139 Å². The number of aromatic nitrogens is 6. The van der Waals surface area contributed by atoms with Crippen molar-refractivity contribution in [3.05, 3.63) is 182 Å². The number of nitrogens with one attached hydrogen (secondary N) is 3. The number of fused-ring (bicyclic) bond motifs is 2. The zero-order valence-electron chi connectivity index (χ0n) is 65.2. The number of anilines is 3. The number of aliphatic hydroxyl groups is 3. The van der Waals surface area contributed by atoms with Crippen LogP contribution in [0.2, 0.25) is 0 Å². The Morgan fingerprint density at radius 3 is 1.17 bits per heavy atom. The first-order valence-electron chi connectivity index (χ1n) is 36.7. The number of esters is 3. The summed E-state index contributed by atoms with van der Waals surface area (Å²) >= 11 is 0. The zero-order valence-corrected chi connectivity index (χ0v) is 67.9. The molecule has 8 aromatic rings. The molecule has 45 heteroatoms. The Morgan fingerprint density at radius 1 is 0.445 bits per heavy atom. The first-order chi connectivity index (χ1) is 55.6. The van der Waals surface area contributed by atoms with Crippen LogP contribution in [0.25, 0.3) is 21.5 Å². The first kappa shape index (κ1) is 90.0. The number of hydrogen-bond acceptors (Lipinski definition) is 30. The van der Waals surface area contributed by atoms with E-state index in [0.29, 0.717) is 34.5 Å². The molecule has 3 fully saturated rings. The van der Waals surface area contributed by atoms with E-state index in [0.717, 1.165) is 42.9 Å². The molecule has 0 bridgehead atoms. The van der Waals surface area contributed by atoms with Crippen LogP contribution in [0.1, 0.15) is 99.0 Å². The number of nitrogen functional groups attached to an aromatic ring is 3. The van der Waals surface area contributed by atoms with Crippen LogP contribution in [-0.4, -0.2) is 171 Å². The Hall–Kier alpha value is -9.74. The number of carbonyl (C=O) groups is 3. The number of rotatable bonds is 34. The van der Waals surface area contributed by atoms with Crippen LogP contribution in [0.15, 0.2) is 154 Å². The second-order valence-corrected chi connectivity index (χ2v) is 34.7. The van der Waals surface area contributed by atoms with Gasteiger partial charge in [-0.2, -0.15) is 30.2 Å². The summed E-state index contributed by atoms with van der Waals surface area (Å²) in [6.45, 7) is 7.04. The topological polar surface area (TPSA) is 493 Å². The molecular weight excluding hydrogens is 1650 g/mol. The van der Waals surface area contributed by atoms with Crippen molar-refractivity contribution >= 4 is 80.1 Å². The largest absolute Gasteiger partial charge is 0.462 e. The minimum Gasteiger partial charge on any atom is -0.462 e. The van der Waals surface area contributed by atoms with Gasteiger partial charge in [0.15, 0.2) is 54.0 Å². The van der Waals surface area contributed by atoms with Crippen molar-refractivity contribution in [2.75, 3.05) is 37.0 Å². The lowest BCUT2D eigenvalue weighted by Gasteiger charge is -2.30. The van der Waals surface area contributed by atoms with Gasteiger partial charge in [-0.3, -0.25) is 41.7 Å². The minimum atomic E-state index is -5.69. The number of aliphatic hydroxyl groups excluding tert-OH is 3. The van der Waals surface area contributed by atoms with Gasteiger partial charge in [0.2, 0.25) is 0 Å². The van der Waals surface area contributed by atoms with Gasteiger partial charge in [-0.25, -0.2) is 54.4 Å². The summed E-state index contributed by atoms with van der Waals surface area (Å²) in [7, 11) is -16.3. The van der Waals surface area contributed by atoms with Gasteiger partial charge in [0.25, 0.3) is 17.6 Å². The Morgan fingerprint density at radius 2 is 0.773 bits per heavy atom. The lowest BCUT2D eigenvalue weighted by molar-refractivity contribution is -0.204. The lowest BCUT2D eigenvalue weighted by atomic mass is 9.97. The Labute approximate surface area is 673 Å². The molecule has 0 spiro atoms. The molecule has 3 aromatic heterocycles. The molecule has 119 heavy (non-hydrogen) atoms. The SMILES string of the molecule is CC(C)OC(=O)[C@H](C)NP(=O)(OC[C@@]1(F)O[C@@H](n2ccc(N)nc2=O)[C@](C)(F)[C@@H]1O)Oc1cccc2c(C[C@H](NP(=O)(OC[C@@]3(F)O[C@@H](n4ccc(N)nc4=O)[C@](C)(F)[C@@H]3O)Oc3ccc(C[C@H](NP(=O)(OC[C@@]4(F)O[C@@H](n5ccc(N)nc5=O)[C@](C)(F)[C@@H]4O)Oc4ccccc4)C(=O)OC(C)C)c4ccccc34)C(=O)OC(C)C)cccc12. The van der Waals surface area contributed by atoms with Gasteiger partial charge >= 0.3 is 58.2 Å². The number of alkyl halides is 6. The van der Waals surface area contributed by atoms with Gasteiger partial charge in [0.1, 0.15) is 72.6 Å². The number of halogens is 6. The monoisotopic (exact) mass is 1730 g/mol. The van der Waals surface area contributed by atoms with Crippen LogP contribution in [0.4, 0.5) is 43.8 Å². The van der Waals surface area contributed by atoms with E-state index in [1.54, 1.807) is 6.07 Å². The summed E-state index contributed by atoms with van der Waals surface area (Å²) in [6, 6.07) is 21.1. The normalized spacial score (nSPS) is 27.3. The zero-order chi connectivity index (χ0) is 87.1.